The lowest BCUT2D eigenvalue weighted by Crippen LogP contribution is -2.41. The highest BCUT2D eigenvalue weighted by molar-refractivity contribution is 5.55. The Bertz CT molecular complexity index is 1250. The van der Waals surface area contributed by atoms with E-state index in [1.54, 1.807) is 14.2 Å². The summed E-state index contributed by atoms with van der Waals surface area (Å²) in [6.07, 6.45) is 6.23. The van der Waals surface area contributed by atoms with Crippen molar-refractivity contribution in [2.45, 2.75) is 63.3 Å². The number of benzene rings is 3. The van der Waals surface area contributed by atoms with Gasteiger partial charge in [0.15, 0.2) is 0 Å². The molecule has 2 heterocycles. The van der Waals surface area contributed by atoms with E-state index in [1.807, 2.05) is 24.3 Å². The lowest BCUT2D eigenvalue weighted by atomic mass is 9.87. The number of anilines is 1. The maximum atomic E-state index is 6.96. The average Bonchev–Trinajstić information content (AvgIpc) is 3.06. The van der Waals surface area contributed by atoms with Gasteiger partial charge in [0.1, 0.15) is 11.5 Å². The monoisotopic (exact) mass is 588 g/mol. The lowest BCUT2D eigenvalue weighted by Gasteiger charge is -2.36. The maximum absolute atomic E-state index is 6.96. The molecule has 2 aliphatic rings. The zero-order chi connectivity index (χ0) is 29.7. The first-order valence-electron chi connectivity index (χ1n) is 15.9. The number of aryl methyl sites for hydroxylation is 1. The molecule has 0 aliphatic carbocycles. The first-order chi connectivity index (χ1) is 21.2. The molecular formula is C36H48N2O5. The highest BCUT2D eigenvalue weighted by Gasteiger charge is 2.30. The van der Waals surface area contributed by atoms with Crippen LogP contribution in [0.15, 0.2) is 66.7 Å². The molecule has 3 atom stereocenters. The Labute approximate surface area is 257 Å². The van der Waals surface area contributed by atoms with E-state index in [9.17, 15) is 0 Å². The van der Waals surface area contributed by atoms with Gasteiger partial charge in [-0.2, -0.15) is 0 Å². The van der Waals surface area contributed by atoms with E-state index in [0.29, 0.717) is 25.7 Å². The van der Waals surface area contributed by atoms with Crippen molar-refractivity contribution in [3.8, 4) is 11.5 Å². The Hall–Kier alpha value is -3.10. The number of methoxy groups -OCH3 is 2. The van der Waals surface area contributed by atoms with Gasteiger partial charge in [0.2, 0.25) is 0 Å². The molecule has 1 saturated heterocycles. The van der Waals surface area contributed by atoms with Crippen LogP contribution in [0.1, 0.15) is 66.4 Å². The second kappa shape index (κ2) is 16.7. The van der Waals surface area contributed by atoms with Crippen LogP contribution < -0.4 is 20.1 Å². The van der Waals surface area contributed by atoms with Crippen LogP contribution in [0.25, 0.3) is 0 Å². The largest absolute Gasteiger partial charge is 0.496 e. The molecule has 5 rings (SSSR count). The van der Waals surface area contributed by atoms with E-state index < -0.39 is 0 Å². The SMILES string of the molecule is COCCCC(O[C@H]1CNCC[C@@H]1c1ccc(OCCCOCc2ccccc2OC)cc1)c1ccc2c(c1)NCCC2. The molecule has 2 N–H and O–H groups in total. The standard InChI is InChI=1S/C36H48N2O5/c1-39-21-6-11-35(29-13-12-28-9-5-19-38-33(28)24-29)43-36-25-37-20-18-32(36)27-14-16-31(17-15-27)42-23-7-22-41-26-30-8-3-4-10-34(30)40-2/h3-4,8,10,12-17,24,32,35-38H,5-7,9,11,18-23,25-26H2,1-2H3/t32-,35?,36+/m1/s1. The van der Waals surface area contributed by atoms with E-state index in [0.717, 1.165) is 75.4 Å². The van der Waals surface area contributed by atoms with E-state index in [1.165, 1.54) is 28.8 Å². The van der Waals surface area contributed by atoms with Crippen molar-refractivity contribution < 1.29 is 23.7 Å². The van der Waals surface area contributed by atoms with Gasteiger partial charge in [0.25, 0.3) is 0 Å². The molecule has 2 aliphatic heterocycles. The van der Waals surface area contributed by atoms with Gasteiger partial charge in [-0.15, -0.1) is 0 Å². The van der Waals surface area contributed by atoms with Crippen LogP contribution in [0.3, 0.4) is 0 Å². The maximum Gasteiger partial charge on any atom is 0.124 e. The molecule has 1 unspecified atom stereocenters. The highest BCUT2D eigenvalue weighted by Crippen LogP contribution is 2.36. The Balaban J connectivity index is 1.14. The van der Waals surface area contributed by atoms with Crippen LogP contribution in [0.5, 0.6) is 11.5 Å². The van der Waals surface area contributed by atoms with Gasteiger partial charge >= 0.3 is 0 Å². The molecule has 0 bridgehead atoms. The molecule has 3 aromatic rings. The number of piperidine rings is 1. The zero-order valence-electron chi connectivity index (χ0n) is 25.8. The number of nitrogens with one attached hydrogen (secondary N) is 2. The summed E-state index contributed by atoms with van der Waals surface area (Å²) in [6.45, 7) is 5.41. The Kier molecular flexibility index (Phi) is 12.1. The zero-order valence-corrected chi connectivity index (χ0v) is 25.8. The van der Waals surface area contributed by atoms with Gasteiger partial charge in [-0.3, -0.25) is 0 Å². The summed E-state index contributed by atoms with van der Waals surface area (Å²) in [5.41, 5.74) is 6.29. The van der Waals surface area contributed by atoms with Crippen molar-refractivity contribution in [2.75, 3.05) is 59.0 Å². The summed E-state index contributed by atoms with van der Waals surface area (Å²) in [5, 5.41) is 7.16. The van der Waals surface area contributed by atoms with Crippen molar-refractivity contribution in [1.29, 1.82) is 0 Å². The average molecular weight is 589 g/mol. The van der Waals surface area contributed by atoms with Crippen molar-refractivity contribution in [3.05, 3.63) is 89.0 Å². The second-order valence-electron chi connectivity index (χ2n) is 11.5. The Morgan fingerprint density at radius 1 is 0.907 bits per heavy atom. The van der Waals surface area contributed by atoms with Crippen LogP contribution in [0.2, 0.25) is 0 Å². The van der Waals surface area contributed by atoms with Crippen molar-refractivity contribution in [1.82, 2.24) is 5.32 Å². The van der Waals surface area contributed by atoms with Crippen molar-refractivity contribution >= 4 is 5.69 Å². The topological polar surface area (TPSA) is 70.2 Å². The number of para-hydroxylation sites is 1. The number of fused-ring (bicyclic) bond motifs is 1. The molecule has 1 fully saturated rings. The third kappa shape index (κ3) is 8.96. The van der Waals surface area contributed by atoms with E-state index in [2.05, 4.69) is 53.1 Å². The summed E-state index contributed by atoms with van der Waals surface area (Å²) in [6, 6.07) is 23.4. The molecule has 0 aromatic heterocycles. The molecule has 43 heavy (non-hydrogen) atoms. The van der Waals surface area contributed by atoms with Crippen LogP contribution in [0, 0.1) is 0 Å². The molecule has 232 valence electrons. The molecule has 0 amide bonds. The van der Waals surface area contributed by atoms with Crippen LogP contribution in [0.4, 0.5) is 5.69 Å². The minimum Gasteiger partial charge on any atom is -0.496 e. The molecule has 0 spiro atoms. The minimum absolute atomic E-state index is 0.0318. The van der Waals surface area contributed by atoms with Gasteiger partial charge in [0.05, 0.1) is 39.1 Å². The fraction of sp³-hybridized carbons (Fsp3) is 0.500. The first-order valence-corrected chi connectivity index (χ1v) is 15.9. The van der Waals surface area contributed by atoms with Crippen LogP contribution in [-0.2, 0) is 27.2 Å². The summed E-state index contributed by atoms with van der Waals surface area (Å²) in [4.78, 5) is 0. The number of hydrogen-bond donors (Lipinski definition) is 2. The minimum atomic E-state index is 0.0318. The molecular weight excluding hydrogens is 540 g/mol. The third-order valence-corrected chi connectivity index (χ3v) is 8.48. The Morgan fingerprint density at radius 3 is 2.65 bits per heavy atom. The van der Waals surface area contributed by atoms with E-state index in [-0.39, 0.29) is 12.2 Å². The normalized spacial score (nSPS) is 18.8. The molecule has 0 saturated carbocycles. The second-order valence-corrected chi connectivity index (χ2v) is 11.5. The first kappa shape index (κ1) is 31.3. The fourth-order valence-corrected chi connectivity index (χ4v) is 6.14. The van der Waals surface area contributed by atoms with Crippen LogP contribution >= 0.6 is 0 Å². The van der Waals surface area contributed by atoms with E-state index >= 15 is 0 Å². The number of hydrogen-bond acceptors (Lipinski definition) is 7. The van der Waals surface area contributed by atoms with Gasteiger partial charge < -0.3 is 34.3 Å². The summed E-state index contributed by atoms with van der Waals surface area (Å²) < 4.78 is 29.6. The molecule has 7 heteroatoms. The lowest BCUT2D eigenvalue weighted by molar-refractivity contribution is -0.0424. The van der Waals surface area contributed by atoms with Crippen LogP contribution in [-0.4, -0.2) is 59.8 Å². The van der Waals surface area contributed by atoms with Crippen molar-refractivity contribution in [3.63, 3.8) is 0 Å². The fourth-order valence-electron chi connectivity index (χ4n) is 6.14. The van der Waals surface area contributed by atoms with Gasteiger partial charge in [0, 0.05) is 50.4 Å². The smallest absolute Gasteiger partial charge is 0.124 e. The molecule has 3 aromatic carbocycles. The van der Waals surface area contributed by atoms with Gasteiger partial charge in [-0.1, -0.05) is 42.5 Å². The predicted octanol–water partition coefficient (Wildman–Crippen LogP) is 6.67. The van der Waals surface area contributed by atoms with E-state index in [4.69, 9.17) is 23.7 Å². The molecule has 7 nitrogen and oxygen atoms in total. The van der Waals surface area contributed by atoms with Gasteiger partial charge in [-0.25, -0.2) is 0 Å². The predicted molar refractivity (Wildman–Crippen MR) is 171 cm³/mol. The highest BCUT2D eigenvalue weighted by atomic mass is 16.5. The number of ether oxygens (including phenoxy) is 5. The van der Waals surface area contributed by atoms with Gasteiger partial charge in [-0.05, 0) is 79.6 Å². The number of rotatable bonds is 16. The van der Waals surface area contributed by atoms with Crippen molar-refractivity contribution in [2.24, 2.45) is 0 Å². The summed E-state index contributed by atoms with van der Waals surface area (Å²) in [7, 11) is 3.45. The summed E-state index contributed by atoms with van der Waals surface area (Å²) in [5.74, 6) is 2.08. The quantitative estimate of drug-likeness (QED) is 0.181. The Morgan fingerprint density at radius 2 is 1.79 bits per heavy atom. The summed E-state index contributed by atoms with van der Waals surface area (Å²) >= 11 is 0. The molecule has 0 radical (unpaired) electrons. The third-order valence-electron chi connectivity index (χ3n) is 8.48.